The molecule has 0 amide bonds. The Morgan fingerprint density at radius 1 is 1.17 bits per heavy atom. The van der Waals surface area contributed by atoms with E-state index in [0.29, 0.717) is 22.8 Å². The summed E-state index contributed by atoms with van der Waals surface area (Å²) in [6, 6.07) is 8.29. The first kappa shape index (κ1) is 13.1. The van der Waals surface area contributed by atoms with Gasteiger partial charge in [0.05, 0.1) is 22.1 Å². The summed E-state index contributed by atoms with van der Waals surface area (Å²) in [6.07, 6.45) is 4.25. The van der Waals surface area contributed by atoms with Gasteiger partial charge >= 0.3 is 0 Å². The van der Waals surface area contributed by atoms with Crippen molar-refractivity contribution in [2.45, 2.75) is 11.3 Å². The van der Waals surface area contributed by atoms with Crippen molar-refractivity contribution in [2.24, 2.45) is 0 Å². The van der Waals surface area contributed by atoms with Gasteiger partial charge in [0.2, 0.25) is 0 Å². The molecule has 0 spiro atoms. The highest BCUT2D eigenvalue weighted by atomic mass is 35.5. The van der Waals surface area contributed by atoms with Crippen LogP contribution < -0.4 is 11.5 Å². The van der Waals surface area contributed by atoms with E-state index in [0.717, 1.165) is 11.3 Å². The zero-order chi connectivity index (χ0) is 13.1. The Morgan fingerprint density at radius 3 is 2.44 bits per heavy atom. The van der Waals surface area contributed by atoms with Crippen molar-refractivity contribution in [1.29, 1.82) is 0 Å². The Balaban J connectivity index is 2.25. The van der Waals surface area contributed by atoms with E-state index in [-0.39, 0.29) is 0 Å². The molecule has 18 heavy (non-hydrogen) atoms. The third-order valence-electron chi connectivity index (χ3n) is 2.72. The van der Waals surface area contributed by atoms with Crippen LogP contribution in [0.3, 0.4) is 0 Å². The van der Waals surface area contributed by atoms with Crippen LogP contribution in [0.4, 0.5) is 11.4 Å². The number of rotatable bonds is 3. The number of pyridine rings is 1. The molecule has 4 N–H and O–H groups in total. The van der Waals surface area contributed by atoms with Crippen LogP contribution >= 0.6 is 23.4 Å². The molecule has 0 aliphatic carbocycles. The largest absolute Gasteiger partial charge is 0.396 e. The number of nitrogens with zero attached hydrogens (tertiary/aromatic N) is 1. The minimum absolute atomic E-state index is 0.397. The molecule has 2 rings (SSSR count). The van der Waals surface area contributed by atoms with Crippen molar-refractivity contribution in [3.8, 4) is 0 Å². The number of halogens is 1. The quantitative estimate of drug-likeness (QED) is 0.847. The van der Waals surface area contributed by atoms with Crippen molar-refractivity contribution >= 4 is 34.7 Å². The maximum atomic E-state index is 5.91. The summed E-state index contributed by atoms with van der Waals surface area (Å²) in [5, 5.41) is 0.397. The molecule has 0 bridgehead atoms. The molecule has 0 atom stereocenters. The van der Waals surface area contributed by atoms with E-state index in [9.17, 15) is 0 Å². The van der Waals surface area contributed by atoms with Gasteiger partial charge in [0, 0.05) is 17.5 Å². The zero-order valence-electron chi connectivity index (χ0n) is 9.98. The molecule has 0 unspecified atom stereocenters. The van der Waals surface area contributed by atoms with Crippen molar-refractivity contribution in [1.82, 2.24) is 4.98 Å². The van der Waals surface area contributed by atoms with Crippen LogP contribution in [0.5, 0.6) is 0 Å². The van der Waals surface area contributed by atoms with Gasteiger partial charge in [-0.1, -0.05) is 23.7 Å². The second-order valence-electron chi connectivity index (χ2n) is 3.91. The normalized spacial score (nSPS) is 10.6. The first-order valence-corrected chi connectivity index (χ1v) is 7.03. The lowest BCUT2D eigenvalue weighted by Gasteiger charge is -2.09. The number of anilines is 2. The Morgan fingerprint density at radius 2 is 1.83 bits per heavy atom. The number of aromatic nitrogens is 1. The summed E-state index contributed by atoms with van der Waals surface area (Å²) in [5.41, 5.74) is 14.5. The van der Waals surface area contributed by atoms with E-state index in [1.165, 1.54) is 4.90 Å². The molecule has 1 aromatic carbocycles. The van der Waals surface area contributed by atoms with E-state index in [1.54, 1.807) is 18.0 Å². The Hall–Kier alpha value is -1.39. The topological polar surface area (TPSA) is 64.9 Å². The van der Waals surface area contributed by atoms with Gasteiger partial charge in [-0.2, -0.15) is 0 Å². The number of thioether (sulfide) groups is 1. The van der Waals surface area contributed by atoms with Crippen LogP contribution in [0, 0.1) is 0 Å². The van der Waals surface area contributed by atoms with E-state index in [1.807, 2.05) is 0 Å². The summed E-state index contributed by atoms with van der Waals surface area (Å²) < 4.78 is 0. The Kier molecular flexibility index (Phi) is 3.99. The number of nitrogen functional groups attached to an aromatic ring is 2. The van der Waals surface area contributed by atoms with Crippen LogP contribution in [0.25, 0.3) is 0 Å². The van der Waals surface area contributed by atoms with Crippen LogP contribution in [-0.2, 0) is 6.42 Å². The SMILES string of the molecule is CSc1ccc(Cc2ncc(Cl)c(N)c2N)cc1. The van der Waals surface area contributed by atoms with Crippen LogP contribution in [0.15, 0.2) is 35.4 Å². The molecular weight excluding hydrogens is 266 g/mol. The van der Waals surface area contributed by atoms with E-state index in [2.05, 4.69) is 35.5 Å². The van der Waals surface area contributed by atoms with Gasteiger partial charge in [0.25, 0.3) is 0 Å². The molecule has 1 heterocycles. The first-order chi connectivity index (χ1) is 8.61. The predicted molar refractivity (Wildman–Crippen MR) is 79.1 cm³/mol. The van der Waals surface area contributed by atoms with Crippen molar-refractivity contribution < 1.29 is 0 Å². The van der Waals surface area contributed by atoms with E-state index in [4.69, 9.17) is 23.1 Å². The number of hydrogen-bond acceptors (Lipinski definition) is 4. The summed E-state index contributed by atoms with van der Waals surface area (Å²) in [4.78, 5) is 5.47. The van der Waals surface area contributed by atoms with Gasteiger partial charge in [0.1, 0.15) is 0 Å². The van der Waals surface area contributed by atoms with Crippen molar-refractivity contribution in [3.63, 3.8) is 0 Å². The third-order valence-corrected chi connectivity index (χ3v) is 3.77. The summed E-state index contributed by atoms with van der Waals surface area (Å²) in [5.74, 6) is 0. The fourth-order valence-electron chi connectivity index (χ4n) is 1.64. The molecule has 2 aromatic rings. The second kappa shape index (κ2) is 5.50. The van der Waals surface area contributed by atoms with Crippen LogP contribution in [0.1, 0.15) is 11.3 Å². The van der Waals surface area contributed by atoms with Crippen LogP contribution in [0.2, 0.25) is 5.02 Å². The fraction of sp³-hybridized carbons (Fsp3) is 0.154. The van der Waals surface area contributed by atoms with Gasteiger partial charge in [-0.25, -0.2) is 0 Å². The molecule has 0 fully saturated rings. The second-order valence-corrected chi connectivity index (χ2v) is 5.19. The molecular formula is C13H14ClN3S. The summed E-state index contributed by atoms with van der Waals surface area (Å²) in [7, 11) is 0. The van der Waals surface area contributed by atoms with Gasteiger partial charge in [0.15, 0.2) is 0 Å². The third kappa shape index (κ3) is 2.71. The molecule has 94 valence electrons. The number of benzene rings is 1. The predicted octanol–water partition coefficient (Wildman–Crippen LogP) is 3.21. The molecule has 3 nitrogen and oxygen atoms in total. The molecule has 1 aromatic heterocycles. The monoisotopic (exact) mass is 279 g/mol. The number of nitrogens with two attached hydrogens (primary N) is 2. The van der Waals surface area contributed by atoms with Gasteiger partial charge < -0.3 is 11.5 Å². The molecule has 0 saturated heterocycles. The standard InChI is InChI=1S/C13H14ClN3S/c1-18-9-4-2-8(3-5-9)6-11-13(16)12(15)10(14)7-17-11/h2-5,7H,6,16H2,1H3,(H2,15,17). The van der Waals surface area contributed by atoms with Gasteiger partial charge in [-0.15, -0.1) is 11.8 Å². The first-order valence-electron chi connectivity index (χ1n) is 5.43. The average Bonchev–Trinajstić information content (AvgIpc) is 2.40. The summed E-state index contributed by atoms with van der Waals surface area (Å²) in [6.45, 7) is 0. The molecule has 0 aliphatic heterocycles. The highest BCUT2D eigenvalue weighted by Crippen LogP contribution is 2.27. The Bertz CT molecular complexity index is 555. The lowest BCUT2D eigenvalue weighted by Crippen LogP contribution is -2.04. The van der Waals surface area contributed by atoms with Crippen LogP contribution in [-0.4, -0.2) is 11.2 Å². The average molecular weight is 280 g/mol. The van der Waals surface area contributed by atoms with E-state index < -0.39 is 0 Å². The highest BCUT2D eigenvalue weighted by Gasteiger charge is 2.08. The summed E-state index contributed by atoms with van der Waals surface area (Å²) >= 11 is 7.57. The smallest absolute Gasteiger partial charge is 0.0840 e. The van der Waals surface area contributed by atoms with Crippen molar-refractivity contribution in [3.05, 3.63) is 46.7 Å². The lowest BCUT2D eigenvalue weighted by molar-refractivity contribution is 1.08. The lowest BCUT2D eigenvalue weighted by atomic mass is 10.1. The molecule has 0 radical (unpaired) electrons. The zero-order valence-corrected chi connectivity index (χ0v) is 11.6. The van der Waals surface area contributed by atoms with Gasteiger partial charge in [-0.05, 0) is 24.0 Å². The highest BCUT2D eigenvalue weighted by molar-refractivity contribution is 7.98. The van der Waals surface area contributed by atoms with E-state index >= 15 is 0 Å². The number of hydrogen-bond donors (Lipinski definition) is 2. The molecule has 0 aliphatic rings. The maximum absolute atomic E-state index is 5.91. The Labute approximate surface area is 116 Å². The fourth-order valence-corrected chi connectivity index (χ4v) is 2.19. The van der Waals surface area contributed by atoms with Gasteiger partial charge in [-0.3, -0.25) is 4.98 Å². The minimum atomic E-state index is 0.397. The molecule has 5 heteroatoms. The van der Waals surface area contributed by atoms with Crippen molar-refractivity contribution in [2.75, 3.05) is 17.7 Å². The maximum Gasteiger partial charge on any atom is 0.0840 e. The minimum Gasteiger partial charge on any atom is -0.396 e. The molecule has 0 saturated carbocycles.